The summed E-state index contributed by atoms with van der Waals surface area (Å²) in [5.74, 6) is -2.61. The normalized spacial score (nSPS) is 13.4. The maximum Gasteiger partial charge on any atom is 0.326 e. The van der Waals surface area contributed by atoms with Gasteiger partial charge in [-0.15, -0.1) is 0 Å². The molecule has 2 amide bonds. The molecule has 2 atom stereocenters. The quantitative estimate of drug-likeness (QED) is 0.493. The topological polar surface area (TPSA) is 116 Å². The number of carbonyl (C=O) groups is 3. The highest BCUT2D eigenvalue weighted by Gasteiger charge is 2.20. The molecule has 7 nitrogen and oxygen atoms in total. The van der Waals surface area contributed by atoms with E-state index < -0.39 is 30.7 Å². The smallest absolute Gasteiger partial charge is 0.326 e. The van der Waals surface area contributed by atoms with E-state index in [1.54, 1.807) is 6.92 Å². The first-order valence-electron chi connectivity index (χ1n) is 5.91. The summed E-state index contributed by atoms with van der Waals surface area (Å²) < 4.78 is 12.1. The van der Waals surface area contributed by atoms with Crippen LogP contribution in [0.1, 0.15) is 26.2 Å². The predicted octanol–water partition coefficient (Wildman–Crippen LogP) is 0.599. The number of amides is 2. The molecule has 0 aliphatic rings. The largest absolute Gasteiger partial charge is 0.481 e. The molecule has 0 fully saturated rings. The van der Waals surface area contributed by atoms with Gasteiger partial charge in [0, 0.05) is 13.0 Å². The Kier molecular flexibility index (Phi) is 8.23. The molecule has 0 spiro atoms. The van der Waals surface area contributed by atoms with Gasteiger partial charge in [0.25, 0.3) is 0 Å². The minimum atomic E-state index is -1.30. The van der Waals surface area contributed by atoms with Crippen molar-refractivity contribution >= 4 is 18.0 Å². The van der Waals surface area contributed by atoms with Gasteiger partial charge in [-0.1, -0.05) is 6.92 Å². The number of rotatable bonds is 9. The highest BCUT2D eigenvalue weighted by molar-refractivity contribution is 5.82. The van der Waals surface area contributed by atoms with Crippen LogP contribution in [-0.2, 0) is 9.59 Å². The lowest BCUT2D eigenvalue weighted by Crippen LogP contribution is -2.46. The first kappa shape index (κ1) is 17.1. The number of hydrogen-bond acceptors (Lipinski definition) is 3. The van der Waals surface area contributed by atoms with Crippen molar-refractivity contribution in [1.29, 1.82) is 0 Å². The van der Waals surface area contributed by atoms with Crippen molar-refractivity contribution in [2.24, 2.45) is 5.92 Å². The van der Waals surface area contributed by atoms with Gasteiger partial charge in [0.1, 0.15) is 6.04 Å². The summed E-state index contributed by atoms with van der Waals surface area (Å²) in [6, 6.07) is -1.96. The molecule has 110 valence electrons. The lowest BCUT2D eigenvalue weighted by molar-refractivity contribution is -0.140. The highest BCUT2D eigenvalue weighted by atomic mass is 19.1. The lowest BCUT2D eigenvalue weighted by Gasteiger charge is -2.14. The van der Waals surface area contributed by atoms with Crippen LogP contribution in [0.3, 0.4) is 0 Å². The highest BCUT2D eigenvalue weighted by Crippen LogP contribution is 2.01. The Labute approximate surface area is 110 Å². The SMILES string of the molecule is CC(CF)CCNC(=O)N[C@@H](CCC(=O)O)C(=O)O. The molecule has 0 heterocycles. The molecule has 0 aromatic heterocycles. The number of carbonyl (C=O) groups excluding carboxylic acids is 1. The number of carboxylic acids is 2. The van der Waals surface area contributed by atoms with Crippen LogP contribution in [0.25, 0.3) is 0 Å². The summed E-state index contributed by atoms with van der Waals surface area (Å²) in [6.07, 6.45) is -0.105. The van der Waals surface area contributed by atoms with Crippen LogP contribution in [-0.4, -0.2) is 47.4 Å². The summed E-state index contributed by atoms with van der Waals surface area (Å²) in [4.78, 5) is 32.5. The number of alkyl halides is 1. The summed E-state index contributed by atoms with van der Waals surface area (Å²) in [7, 11) is 0. The van der Waals surface area contributed by atoms with Crippen LogP contribution < -0.4 is 10.6 Å². The molecule has 0 aromatic rings. The van der Waals surface area contributed by atoms with Crippen LogP contribution >= 0.6 is 0 Å². The van der Waals surface area contributed by atoms with Gasteiger partial charge in [-0.3, -0.25) is 9.18 Å². The van der Waals surface area contributed by atoms with Crippen molar-refractivity contribution in [3.05, 3.63) is 0 Å². The zero-order valence-electron chi connectivity index (χ0n) is 10.7. The minimum Gasteiger partial charge on any atom is -0.481 e. The number of urea groups is 1. The van der Waals surface area contributed by atoms with E-state index in [4.69, 9.17) is 10.2 Å². The monoisotopic (exact) mass is 278 g/mol. The molecule has 4 N–H and O–H groups in total. The van der Waals surface area contributed by atoms with Crippen molar-refractivity contribution in [2.75, 3.05) is 13.2 Å². The van der Waals surface area contributed by atoms with Gasteiger partial charge in [0.05, 0.1) is 6.67 Å². The average molecular weight is 278 g/mol. The standard InChI is InChI=1S/C11H19FN2O5/c1-7(6-12)4-5-13-11(19)14-8(10(17)18)2-3-9(15)16/h7-8H,2-6H2,1H3,(H,15,16)(H,17,18)(H2,13,14,19)/t7?,8-/m0/s1. The molecule has 8 heteroatoms. The molecular weight excluding hydrogens is 259 g/mol. The van der Waals surface area contributed by atoms with Gasteiger partial charge in [0.2, 0.25) is 0 Å². The molecule has 1 unspecified atom stereocenters. The van der Waals surface area contributed by atoms with Crippen LogP contribution in [0.2, 0.25) is 0 Å². The fourth-order valence-electron chi connectivity index (χ4n) is 1.24. The predicted molar refractivity (Wildman–Crippen MR) is 64.6 cm³/mol. The maximum atomic E-state index is 12.1. The summed E-state index contributed by atoms with van der Waals surface area (Å²) in [6.45, 7) is 1.42. The van der Waals surface area contributed by atoms with E-state index in [0.29, 0.717) is 6.42 Å². The summed E-state index contributed by atoms with van der Waals surface area (Å²) >= 11 is 0. The maximum absolute atomic E-state index is 12.1. The molecule has 0 aliphatic heterocycles. The van der Waals surface area contributed by atoms with E-state index in [9.17, 15) is 18.8 Å². The third kappa shape index (κ3) is 8.81. The third-order valence-electron chi connectivity index (χ3n) is 2.44. The number of halogens is 1. The van der Waals surface area contributed by atoms with Crippen LogP contribution in [0.15, 0.2) is 0 Å². The molecule has 0 rings (SSSR count). The Balaban J connectivity index is 4.03. The van der Waals surface area contributed by atoms with E-state index >= 15 is 0 Å². The zero-order valence-corrected chi connectivity index (χ0v) is 10.7. The Bertz CT molecular complexity index is 324. The van der Waals surface area contributed by atoms with Crippen LogP contribution in [0.4, 0.5) is 9.18 Å². The second-order valence-corrected chi connectivity index (χ2v) is 4.27. The summed E-state index contributed by atoms with van der Waals surface area (Å²) in [5, 5.41) is 21.8. The second-order valence-electron chi connectivity index (χ2n) is 4.27. The van der Waals surface area contributed by atoms with E-state index in [2.05, 4.69) is 10.6 Å². The zero-order chi connectivity index (χ0) is 14.8. The molecule has 19 heavy (non-hydrogen) atoms. The first-order chi connectivity index (χ1) is 8.86. The van der Waals surface area contributed by atoms with Gasteiger partial charge in [-0.2, -0.15) is 0 Å². The van der Waals surface area contributed by atoms with Gasteiger partial charge in [-0.05, 0) is 18.8 Å². The van der Waals surface area contributed by atoms with E-state index in [0.717, 1.165) is 0 Å². The van der Waals surface area contributed by atoms with Gasteiger partial charge in [0.15, 0.2) is 0 Å². The molecule has 0 bridgehead atoms. The van der Waals surface area contributed by atoms with Crippen molar-refractivity contribution in [1.82, 2.24) is 10.6 Å². The van der Waals surface area contributed by atoms with Crippen LogP contribution in [0, 0.1) is 5.92 Å². The Morgan fingerprint density at radius 2 is 1.84 bits per heavy atom. The van der Waals surface area contributed by atoms with E-state index in [1.807, 2.05) is 0 Å². The Morgan fingerprint density at radius 3 is 2.32 bits per heavy atom. The van der Waals surface area contributed by atoms with Gasteiger partial charge in [-0.25, -0.2) is 9.59 Å². The van der Waals surface area contributed by atoms with Crippen LogP contribution in [0.5, 0.6) is 0 Å². The lowest BCUT2D eigenvalue weighted by atomic mass is 10.1. The summed E-state index contributed by atoms with van der Waals surface area (Å²) in [5.41, 5.74) is 0. The fourth-order valence-corrected chi connectivity index (χ4v) is 1.24. The molecule has 0 radical (unpaired) electrons. The number of nitrogens with one attached hydrogen (secondary N) is 2. The average Bonchev–Trinajstić information content (AvgIpc) is 2.33. The van der Waals surface area contributed by atoms with Crippen molar-refractivity contribution in [3.8, 4) is 0 Å². The van der Waals surface area contributed by atoms with Crippen molar-refractivity contribution in [2.45, 2.75) is 32.2 Å². The van der Waals surface area contributed by atoms with E-state index in [1.165, 1.54) is 0 Å². The molecule has 0 aromatic carbocycles. The fraction of sp³-hybridized carbons (Fsp3) is 0.727. The van der Waals surface area contributed by atoms with Gasteiger partial charge >= 0.3 is 18.0 Å². The number of hydrogen-bond donors (Lipinski definition) is 4. The Hall–Kier alpha value is -1.86. The van der Waals surface area contributed by atoms with Gasteiger partial charge < -0.3 is 20.8 Å². The van der Waals surface area contributed by atoms with Crippen molar-refractivity contribution < 1.29 is 29.0 Å². The van der Waals surface area contributed by atoms with E-state index in [-0.39, 0.29) is 25.3 Å². The molecule has 0 saturated carbocycles. The third-order valence-corrected chi connectivity index (χ3v) is 2.44. The second kappa shape index (κ2) is 9.12. The van der Waals surface area contributed by atoms with Crippen molar-refractivity contribution in [3.63, 3.8) is 0 Å². The minimum absolute atomic E-state index is 0.178. The first-order valence-corrected chi connectivity index (χ1v) is 5.91. The number of carboxylic acid groups (broad SMARTS) is 2. The number of aliphatic carboxylic acids is 2. The Morgan fingerprint density at radius 1 is 1.21 bits per heavy atom. The molecule has 0 saturated heterocycles. The molecular formula is C11H19FN2O5. The molecule has 0 aliphatic carbocycles.